The van der Waals surface area contributed by atoms with Gasteiger partial charge in [-0.15, -0.1) is 0 Å². The Bertz CT molecular complexity index is 357. The third-order valence-electron chi connectivity index (χ3n) is 2.01. The van der Waals surface area contributed by atoms with Gasteiger partial charge in [-0.1, -0.05) is 0 Å². The summed E-state index contributed by atoms with van der Waals surface area (Å²) in [7, 11) is 1.45. The Morgan fingerprint density at radius 2 is 2.25 bits per heavy atom. The second kappa shape index (κ2) is 4.95. The standard InChI is InChI=1S/C9H16N4O3/c1-9(15,4-14)3-11-8-6(16-2)7(10)12-5-13-8/h5,14-15H,3-4H2,1-2H3,(H3,10,11,12,13). The van der Waals surface area contributed by atoms with E-state index in [1.54, 1.807) is 0 Å². The van der Waals surface area contributed by atoms with Gasteiger partial charge in [0.1, 0.15) is 11.9 Å². The van der Waals surface area contributed by atoms with Crippen molar-refractivity contribution < 1.29 is 14.9 Å². The summed E-state index contributed by atoms with van der Waals surface area (Å²) in [6, 6.07) is 0. The Kier molecular flexibility index (Phi) is 3.86. The zero-order chi connectivity index (χ0) is 12.2. The van der Waals surface area contributed by atoms with Crippen molar-refractivity contribution in [3.05, 3.63) is 6.33 Å². The lowest BCUT2D eigenvalue weighted by Gasteiger charge is -2.21. The topological polar surface area (TPSA) is 114 Å². The van der Waals surface area contributed by atoms with Gasteiger partial charge in [-0.25, -0.2) is 9.97 Å². The summed E-state index contributed by atoms with van der Waals surface area (Å²) in [6.45, 7) is 1.26. The number of ether oxygens (including phenoxy) is 1. The van der Waals surface area contributed by atoms with Gasteiger partial charge in [0.15, 0.2) is 11.6 Å². The molecule has 16 heavy (non-hydrogen) atoms. The molecule has 7 heteroatoms. The van der Waals surface area contributed by atoms with Gasteiger partial charge in [0.05, 0.1) is 13.7 Å². The minimum Gasteiger partial charge on any atom is -0.490 e. The summed E-state index contributed by atoms with van der Waals surface area (Å²) < 4.78 is 5.02. The average Bonchev–Trinajstić information content (AvgIpc) is 2.26. The summed E-state index contributed by atoms with van der Waals surface area (Å²) >= 11 is 0. The molecule has 0 fully saturated rings. The molecule has 90 valence electrons. The average molecular weight is 228 g/mol. The molecule has 7 nitrogen and oxygen atoms in total. The van der Waals surface area contributed by atoms with E-state index < -0.39 is 5.60 Å². The molecule has 0 saturated carbocycles. The van der Waals surface area contributed by atoms with Crippen molar-refractivity contribution in [3.8, 4) is 5.75 Å². The maximum Gasteiger partial charge on any atom is 0.203 e. The molecule has 1 rings (SSSR count). The van der Waals surface area contributed by atoms with Crippen LogP contribution in [0.4, 0.5) is 11.6 Å². The number of rotatable bonds is 5. The van der Waals surface area contributed by atoms with Crippen LogP contribution < -0.4 is 15.8 Å². The van der Waals surface area contributed by atoms with Gasteiger partial charge >= 0.3 is 0 Å². The van der Waals surface area contributed by atoms with Crippen molar-refractivity contribution >= 4 is 11.6 Å². The Morgan fingerprint density at radius 3 is 2.81 bits per heavy atom. The molecule has 0 saturated heterocycles. The van der Waals surface area contributed by atoms with Crippen molar-refractivity contribution in [2.45, 2.75) is 12.5 Å². The fourth-order valence-electron chi connectivity index (χ4n) is 1.04. The molecule has 0 amide bonds. The highest BCUT2D eigenvalue weighted by Gasteiger charge is 2.20. The van der Waals surface area contributed by atoms with Crippen LogP contribution in [0.3, 0.4) is 0 Å². The number of anilines is 2. The second-order valence-corrected chi connectivity index (χ2v) is 3.65. The molecule has 1 aromatic heterocycles. The van der Waals surface area contributed by atoms with Crippen molar-refractivity contribution in [2.75, 3.05) is 31.3 Å². The van der Waals surface area contributed by atoms with Crippen LogP contribution in [0.2, 0.25) is 0 Å². The Morgan fingerprint density at radius 1 is 1.56 bits per heavy atom. The normalized spacial score (nSPS) is 14.2. The summed E-state index contributed by atoms with van der Waals surface area (Å²) in [6.07, 6.45) is 1.29. The molecule has 0 spiro atoms. The van der Waals surface area contributed by atoms with Crippen LogP contribution in [0.25, 0.3) is 0 Å². The largest absolute Gasteiger partial charge is 0.490 e. The van der Waals surface area contributed by atoms with Crippen molar-refractivity contribution in [1.82, 2.24) is 9.97 Å². The molecule has 0 aliphatic heterocycles. The van der Waals surface area contributed by atoms with E-state index in [1.807, 2.05) is 0 Å². The minimum atomic E-state index is -1.23. The van der Waals surface area contributed by atoms with Gasteiger partial charge in [0.2, 0.25) is 5.75 Å². The van der Waals surface area contributed by atoms with Gasteiger partial charge in [0.25, 0.3) is 0 Å². The number of aliphatic hydroxyl groups excluding tert-OH is 1. The molecule has 5 N–H and O–H groups in total. The van der Waals surface area contributed by atoms with E-state index in [0.717, 1.165) is 0 Å². The zero-order valence-electron chi connectivity index (χ0n) is 9.27. The minimum absolute atomic E-state index is 0.121. The smallest absolute Gasteiger partial charge is 0.203 e. The first kappa shape index (κ1) is 12.5. The van der Waals surface area contributed by atoms with E-state index in [9.17, 15) is 5.11 Å². The number of nitrogens with zero attached hydrogens (tertiary/aromatic N) is 2. The molecular weight excluding hydrogens is 212 g/mol. The highest BCUT2D eigenvalue weighted by atomic mass is 16.5. The fourth-order valence-corrected chi connectivity index (χ4v) is 1.04. The van der Waals surface area contributed by atoms with Crippen LogP contribution in [-0.4, -0.2) is 46.0 Å². The summed E-state index contributed by atoms with van der Waals surface area (Å²) in [4.78, 5) is 7.69. The number of nitrogens with one attached hydrogen (secondary N) is 1. The van der Waals surface area contributed by atoms with Gasteiger partial charge in [0, 0.05) is 6.54 Å². The van der Waals surface area contributed by atoms with Gasteiger partial charge in [-0.05, 0) is 6.92 Å². The summed E-state index contributed by atoms with van der Waals surface area (Å²) in [5, 5.41) is 21.3. The zero-order valence-corrected chi connectivity index (χ0v) is 9.27. The van der Waals surface area contributed by atoms with Crippen molar-refractivity contribution in [1.29, 1.82) is 0 Å². The fraction of sp³-hybridized carbons (Fsp3) is 0.556. The van der Waals surface area contributed by atoms with Gasteiger partial charge in [-0.3, -0.25) is 0 Å². The molecular formula is C9H16N4O3. The molecule has 1 heterocycles. The van der Waals surface area contributed by atoms with Crippen LogP contribution in [0.1, 0.15) is 6.92 Å². The van der Waals surface area contributed by atoms with Crippen LogP contribution in [0.15, 0.2) is 6.33 Å². The van der Waals surface area contributed by atoms with E-state index in [-0.39, 0.29) is 19.0 Å². The predicted octanol–water partition coefficient (Wildman–Crippen LogP) is -0.777. The molecule has 1 unspecified atom stereocenters. The van der Waals surface area contributed by atoms with E-state index in [4.69, 9.17) is 15.6 Å². The second-order valence-electron chi connectivity index (χ2n) is 3.65. The lowest BCUT2D eigenvalue weighted by molar-refractivity contribution is 0.0131. The number of nitrogen functional groups attached to an aromatic ring is 1. The lowest BCUT2D eigenvalue weighted by atomic mass is 10.1. The monoisotopic (exact) mass is 228 g/mol. The van der Waals surface area contributed by atoms with Crippen LogP contribution in [-0.2, 0) is 0 Å². The number of hydrogen-bond donors (Lipinski definition) is 4. The summed E-state index contributed by atoms with van der Waals surface area (Å²) in [5.41, 5.74) is 4.34. The van der Waals surface area contributed by atoms with Crippen molar-refractivity contribution in [2.24, 2.45) is 0 Å². The third kappa shape index (κ3) is 2.94. The quantitative estimate of drug-likeness (QED) is 0.523. The van der Waals surface area contributed by atoms with Crippen LogP contribution in [0, 0.1) is 0 Å². The Hall–Kier alpha value is -1.60. The highest BCUT2D eigenvalue weighted by Crippen LogP contribution is 2.26. The number of methoxy groups -OCH3 is 1. The first-order valence-corrected chi connectivity index (χ1v) is 4.72. The van der Waals surface area contributed by atoms with E-state index in [0.29, 0.717) is 11.6 Å². The molecule has 0 aliphatic carbocycles. The van der Waals surface area contributed by atoms with Crippen LogP contribution in [0.5, 0.6) is 5.75 Å². The molecule has 0 radical (unpaired) electrons. The maximum absolute atomic E-state index is 9.59. The molecule has 0 aliphatic rings. The van der Waals surface area contributed by atoms with E-state index in [2.05, 4.69) is 15.3 Å². The van der Waals surface area contributed by atoms with Gasteiger partial charge < -0.3 is 26.0 Å². The Balaban J connectivity index is 2.78. The number of hydrogen-bond acceptors (Lipinski definition) is 7. The molecule has 1 atom stereocenters. The molecule has 0 aromatic carbocycles. The molecule has 0 bridgehead atoms. The van der Waals surface area contributed by atoms with Crippen molar-refractivity contribution in [3.63, 3.8) is 0 Å². The predicted molar refractivity (Wildman–Crippen MR) is 59.2 cm³/mol. The maximum atomic E-state index is 9.59. The van der Waals surface area contributed by atoms with E-state index in [1.165, 1.54) is 20.4 Å². The number of aromatic nitrogens is 2. The Labute approximate surface area is 93.3 Å². The number of nitrogens with two attached hydrogens (primary N) is 1. The SMILES string of the molecule is COc1c(N)ncnc1NCC(C)(O)CO. The number of aliphatic hydroxyl groups is 2. The highest BCUT2D eigenvalue weighted by molar-refractivity contribution is 5.61. The molecule has 1 aromatic rings. The summed E-state index contributed by atoms with van der Waals surface area (Å²) in [5.74, 6) is 0.906. The van der Waals surface area contributed by atoms with Gasteiger partial charge in [-0.2, -0.15) is 0 Å². The first-order chi connectivity index (χ1) is 7.50. The van der Waals surface area contributed by atoms with Crippen LogP contribution >= 0.6 is 0 Å². The van der Waals surface area contributed by atoms with E-state index >= 15 is 0 Å². The third-order valence-corrected chi connectivity index (χ3v) is 2.01. The lowest BCUT2D eigenvalue weighted by Crippen LogP contribution is -2.37. The first-order valence-electron chi connectivity index (χ1n) is 4.72.